The zero-order valence-corrected chi connectivity index (χ0v) is 20.5. The van der Waals surface area contributed by atoms with Crippen LogP contribution in [0.3, 0.4) is 0 Å². The number of carboxylic acid groups (broad SMARTS) is 1. The summed E-state index contributed by atoms with van der Waals surface area (Å²) in [7, 11) is 1.66. The molecule has 0 aliphatic heterocycles. The Labute approximate surface area is 193 Å². The van der Waals surface area contributed by atoms with Crippen LogP contribution < -0.4 is 9.84 Å². The summed E-state index contributed by atoms with van der Waals surface area (Å²) >= 11 is 7.83. The first-order valence-corrected chi connectivity index (χ1v) is 11.4. The molecule has 0 amide bonds. The molecular weight excluding hydrogens is 430 g/mol. The van der Waals surface area contributed by atoms with Crippen LogP contribution in [-0.2, 0) is 17.8 Å². The highest BCUT2D eigenvalue weighted by molar-refractivity contribution is 8.00. The van der Waals surface area contributed by atoms with Crippen molar-refractivity contribution < 1.29 is 14.6 Å². The van der Waals surface area contributed by atoms with E-state index in [2.05, 4.69) is 25.3 Å². The lowest BCUT2D eigenvalue weighted by Crippen LogP contribution is -2.40. The van der Waals surface area contributed by atoms with Gasteiger partial charge in [-0.2, -0.15) is 0 Å². The van der Waals surface area contributed by atoms with Crippen LogP contribution in [0.25, 0.3) is 10.9 Å². The van der Waals surface area contributed by atoms with E-state index < -0.39 is 11.4 Å². The number of methoxy groups -OCH3 is 1. The molecule has 0 radical (unpaired) electrons. The Bertz CT molecular complexity index is 1090. The van der Waals surface area contributed by atoms with Gasteiger partial charge in [0.25, 0.3) is 0 Å². The molecule has 0 unspecified atom stereocenters. The maximum atomic E-state index is 11.9. The maximum absolute atomic E-state index is 11.9. The van der Waals surface area contributed by atoms with Crippen LogP contribution in [-0.4, -0.2) is 22.4 Å². The second kappa shape index (κ2) is 8.79. The highest BCUT2D eigenvalue weighted by atomic mass is 35.5. The van der Waals surface area contributed by atoms with E-state index in [0.717, 1.165) is 32.8 Å². The number of aliphatic carboxylic acids is 1. The molecule has 166 valence electrons. The summed E-state index contributed by atoms with van der Waals surface area (Å²) in [4.78, 5) is 13.0. The van der Waals surface area contributed by atoms with Gasteiger partial charge in [-0.25, -0.2) is 0 Å². The smallest absolute Gasteiger partial charge is 0.119 e. The van der Waals surface area contributed by atoms with E-state index in [9.17, 15) is 9.90 Å². The van der Waals surface area contributed by atoms with Gasteiger partial charge < -0.3 is 19.2 Å². The molecule has 31 heavy (non-hydrogen) atoms. The lowest BCUT2D eigenvalue weighted by molar-refractivity contribution is -0.317. The van der Waals surface area contributed by atoms with E-state index in [0.29, 0.717) is 18.0 Å². The second-order valence-electron chi connectivity index (χ2n) is 9.43. The lowest BCUT2D eigenvalue weighted by Gasteiger charge is -2.28. The number of benzene rings is 2. The van der Waals surface area contributed by atoms with Crippen molar-refractivity contribution in [2.75, 3.05) is 7.11 Å². The molecular formula is C25H29ClNO3S-. The van der Waals surface area contributed by atoms with Crippen molar-refractivity contribution >= 4 is 40.2 Å². The zero-order valence-electron chi connectivity index (χ0n) is 18.9. The van der Waals surface area contributed by atoms with Crippen molar-refractivity contribution in [3.8, 4) is 5.75 Å². The maximum Gasteiger partial charge on any atom is 0.119 e. The molecule has 6 heteroatoms. The summed E-state index contributed by atoms with van der Waals surface area (Å²) in [5, 5.41) is 13.6. The summed E-state index contributed by atoms with van der Waals surface area (Å²) in [6.07, 6.45) is 0.359. The number of hydrogen-bond acceptors (Lipinski definition) is 4. The molecule has 1 heterocycles. The van der Waals surface area contributed by atoms with Crippen LogP contribution in [0.4, 0.5) is 0 Å². The SMILES string of the molecule is COc1ccc2c(c1)c(SC(C)(C)C)c(CC(C)(C)C(=O)[O-])n2Cc1ccc(Cl)cc1. The van der Waals surface area contributed by atoms with Gasteiger partial charge in [0.15, 0.2) is 0 Å². The number of carbonyl (C=O) groups excluding carboxylic acids is 1. The van der Waals surface area contributed by atoms with Crippen molar-refractivity contribution in [1.29, 1.82) is 0 Å². The predicted octanol–water partition coefficient (Wildman–Crippen LogP) is 5.56. The minimum absolute atomic E-state index is 0.0527. The van der Waals surface area contributed by atoms with Crippen molar-refractivity contribution in [3.63, 3.8) is 0 Å². The summed E-state index contributed by atoms with van der Waals surface area (Å²) < 4.78 is 7.66. The molecule has 0 saturated carbocycles. The Kier molecular flexibility index (Phi) is 6.68. The minimum atomic E-state index is -1.06. The van der Waals surface area contributed by atoms with Crippen LogP contribution in [0.2, 0.25) is 5.02 Å². The molecule has 0 spiro atoms. The van der Waals surface area contributed by atoms with E-state index in [1.807, 2.05) is 42.5 Å². The third-order valence-electron chi connectivity index (χ3n) is 5.15. The Hall–Kier alpha value is -2.11. The molecule has 0 aliphatic carbocycles. The average Bonchev–Trinajstić information content (AvgIpc) is 2.94. The molecule has 2 aromatic carbocycles. The summed E-state index contributed by atoms with van der Waals surface area (Å²) in [6.45, 7) is 10.5. The average molecular weight is 459 g/mol. The third kappa shape index (κ3) is 5.39. The molecule has 3 rings (SSSR count). The molecule has 0 fully saturated rings. The largest absolute Gasteiger partial charge is 0.550 e. The number of halogens is 1. The van der Waals surface area contributed by atoms with E-state index in [1.165, 1.54) is 0 Å². The fourth-order valence-electron chi connectivity index (χ4n) is 3.52. The quantitative estimate of drug-likeness (QED) is 0.435. The van der Waals surface area contributed by atoms with Crippen molar-refractivity contribution in [2.45, 2.75) is 57.2 Å². The van der Waals surface area contributed by atoms with Gasteiger partial charge in [0.2, 0.25) is 0 Å². The number of carboxylic acids is 1. The Morgan fingerprint density at radius 1 is 1.10 bits per heavy atom. The Morgan fingerprint density at radius 2 is 1.74 bits per heavy atom. The van der Waals surface area contributed by atoms with Crippen molar-refractivity contribution in [1.82, 2.24) is 4.57 Å². The van der Waals surface area contributed by atoms with Gasteiger partial charge in [-0.05, 0) is 42.3 Å². The van der Waals surface area contributed by atoms with Gasteiger partial charge in [0.05, 0.1) is 7.11 Å². The Morgan fingerprint density at radius 3 is 2.29 bits per heavy atom. The van der Waals surface area contributed by atoms with Gasteiger partial charge >= 0.3 is 0 Å². The first-order chi connectivity index (χ1) is 14.4. The van der Waals surface area contributed by atoms with Gasteiger partial charge in [-0.3, -0.25) is 0 Å². The van der Waals surface area contributed by atoms with E-state index in [1.54, 1.807) is 32.7 Å². The van der Waals surface area contributed by atoms with Gasteiger partial charge in [0, 0.05) is 49.2 Å². The molecule has 1 aromatic heterocycles. The number of nitrogens with zero attached hydrogens (tertiary/aromatic N) is 1. The van der Waals surface area contributed by atoms with Crippen LogP contribution in [0.5, 0.6) is 5.75 Å². The first kappa shape index (κ1) is 23.6. The van der Waals surface area contributed by atoms with E-state index in [4.69, 9.17) is 16.3 Å². The topological polar surface area (TPSA) is 54.3 Å². The summed E-state index contributed by atoms with van der Waals surface area (Å²) in [5.41, 5.74) is 2.12. The van der Waals surface area contributed by atoms with E-state index >= 15 is 0 Å². The van der Waals surface area contributed by atoms with Crippen molar-refractivity contribution in [3.05, 3.63) is 58.7 Å². The monoisotopic (exact) mass is 458 g/mol. The predicted molar refractivity (Wildman–Crippen MR) is 127 cm³/mol. The van der Waals surface area contributed by atoms with Crippen molar-refractivity contribution in [2.24, 2.45) is 5.41 Å². The van der Waals surface area contributed by atoms with Gasteiger partial charge in [-0.15, -0.1) is 11.8 Å². The fraction of sp³-hybridized carbons (Fsp3) is 0.400. The molecule has 0 bridgehead atoms. The number of fused-ring (bicyclic) bond motifs is 1. The molecule has 4 nitrogen and oxygen atoms in total. The van der Waals surface area contributed by atoms with Crippen LogP contribution in [0.15, 0.2) is 47.4 Å². The molecule has 0 aliphatic rings. The molecule has 3 aromatic rings. The minimum Gasteiger partial charge on any atom is -0.550 e. The van der Waals surface area contributed by atoms with Crippen LogP contribution in [0.1, 0.15) is 45.9 Å². The number of aromatic nitrogens is 1. The van der Waals surface area contributed by atoms with Gasteiger partial charge in [0.1, 0.15) is 5.75 Å². The lowest BCUT2D eigenvalue weighted by atomic mass is 9.88. The molecule has 0 N–H and O–H groups in total. The van der Waals surface area contributed by atoms with Gasteiger partial charge in [-0.1, -0.05) is 58.4 Å². The highest BCUT2D eigenvalue weighted by Gasteiger charge is 2.29. The molecule has 0 saturated heterocycles. The van der Waals surface area contributed by atoms with Crippen LogP contribution in [0, 0.1) is 5.41 Å². The van der Waals surface area contributed by atoms with Crippen LogP contribution >= 0.6 is 23.4 Å². The highest BCUT2D eigenvalue weighted by Crippen LogP contribution is 2.44. The summed E-state index contributed by atoms with van der Waals surface area (Å²) in [6, 6.07) is 13.8. The normalized spacial score (nSPS) is 12.4. The summed E-state index contributed by atoms with van der Waals surface area (Å²) in [5.74, 6) is -0.280. The standard InChI is InChI=1S/C25H30ClNO3S/c1-24(2,3)31-22-19-13-18(30-6)11-12-20(19)27(15-16-7-9-17(26)10-8-16)21(22)14-25(4,5)23(28)29/h7-13H,14-15H2,1-6H3,(H,28,29)/p-1. The fourth-order valence-corrected chi connectivity index (χ4v) is 4.83. The second-order valence-corrected chi connectivity index (χ2v) is 11.7. The Balaban J connectivity index is 2.28. The number of rotatable bonds is 7. The zero-order chi connectivity index (χ0) is 23.0. The number of carbonyl (C=O) groups is 1. The number of ether oxygens (including phenoxy) is 1. The third-order valence-corrected chi connectivity index (χ3v) is 6.68. The molecule has 0 atom stereocenters. The van der Waals surface area contributed by atoms with E-state index in [-0.39, 0.29) is 4.75 Å². The number of thioether (sulfide) groups is 1. The first-order valence-electron chi connectivity index (χ1n) is 10.3. The number of hydrogen-bond donors (Lipinski definition) is 0.